The molecule has 0 radical (unpaired) electrons. The third-order valence-corrected chi connectivity index (χ3v) is 5.22. The van der Waals surface area contributed by atoms with Crippen LogP contribution in [0.15, 0.2) is 10.7 Å². The minimum Gasteiger partial charge on any atom is -0.369 e. The highest BCUT2D eigenvalue weighted by Gasteiger charge is 2.19. The lowest BCUT2D eigenvalue weighted by molar-refractivity contribution is -0.385. The van der Waals surface area contributed by atoms with Crippen molar-refractivity contribution in [3.8, 4) is 0 Å². The monoisotopic (exact) mass is 331 g/mol. The van der Waals surface area contributed by atoms with Gasteiger partial charge >= 0.3 is 0 Å². The van der Waals surface area contributed by atoms with E-state index in [1.54, 1.807) is 6.92 Å². The van der Waals surface area contributed by atoms with E-state index in [1.807, 2.05) is 11.8 Å². The van der Waals surface area contributed by atoms with Crippen LogP contribution in [0.5, 0.6) is 0 Å². The number of nitro groups is 1. The first-order valence-electron chi connectivity index (χ1n) is 5.70. The summed E-state index contributed by atoms with van der Waals surface area (Å²) in [5, 5.41) is 14.0. The van der Waals surface area contributed by atoms with E-state index in [0.717, 1.165) is 6.54 Å². The normalized spacial score (nSPS) is 18.9. The summed E-state index contributed by atoms with van der Waals surface area (Å²) >= 11 is 5.34. The fraction of sp³-hybridized carbons (Fsp3) is 0.545. The highest BCUT2D eigenvalue weighted by molar-refractivity contribution is 9.10. The predicted molar refractivity (Wildman–Crippen MR) is 77.3 cm³/mol. The number of halogens is 1. The van der Waals surface area contributed by atoms with E-state index in [9.17, 15) is 10.1 Å². The van der Waals surface area contributed by atoms with Gasteiger partial charge in [-0.3, -0.25) is 10.1 Å². The Balaban J connectivity index is 2.09. The molecule has 1 unspecified atom stereocenters. The van der Waals surface area contributed by atoms with Gasteiger partial charge in [0.15, 0.2) is 0 Å². The molecule has 18 heavy (non-hydrogen) atoms. The summed E-state index contributed by atoms with van der Waals surface area (Å²) in [5.41, 5.74) is 0.655. The molecule has 0 spiro atoms. The van der Waals surface area contributed by atoms with Crippen LogP contribution in [0, 0.1) is 23.0 Å². The van der Waals surface area contributed by atoms with Crippen LogP contribution in [-0.2, 0) is 0 Å². The Labute approximate surface area is 118 Å². The molecule has 1 aliphatic heterocycles. The van der Waals surface area contributed by atoms with Crippen molar-refractivity contribution in [3.05, 3.63) is 26.3 Å². The summed E-state index contributed by atoms with van der Waals surface area (Å²) in [6.45, 7) is 2.59. The number of hydrogen-bond acceptors (Lipinski definition) is 5. The molecule has 2 heterocycles. The van der Waals surface area contributed by atoms with Gasteiger partial charge in [0, 0.05) is 12.1 Å². The van der Waals surface area contributed by atoms with Crippen molar-refractivity contribution >= 4 is 39.2 Å². The van der Waals surface area contributed by atoms with Crippen LogP contribution in [0.3, 0.4) is 0 Å². The molecule has 7 heteroatoms. The molecule has 5 nitrogen and oxygen atoms in total. The number of pyridine rings is 1. The van der Waals surface area contributed by atoms with Crippen LogP contribution in [0.25, 0.3) is 0 Å². The van der Waals surface area contributed by atoms with E-state index in [0.29, 0.717) is 21.8 Å². The van der Waals surface area contributed by atoms with E-state index < -0.39 is 4.92 Å². The molecule has 98 valence electrons. The molecule has 1 aromatic heterocycles. The number of nitrogens with zero attached hydrogens (tertiary/aromatic N) is 2. The van der Waals surface area contributed by atoms with Crippen LogP contribution < -0.4 is 5.32 Å². The molecule has 0 aromatic carbocycles. The van der Waals surface area contributed by atoms with Crippen molar-refractivity contribution in [1.29, 1.82) is 0 Å². The van der Waals surface area contributed by atoms with E-state index in [2.05, 4.69) is 26.2 Å². The van der Waals surface area contributed by atoms with Crippen LogP contribution in [0.1, 0.15) is 12.0 Å². The lowest BCUT2D eigenvalue weighted by Crippen LogP contribution is -2.15. The molecule has 0 amide bonds. The van der Waals surface area contributed by atoms with Gasteiger partial charge in [-0.15, -0.1) is 0 Å². The average Bonchev–Trinajstić information content (AvgIpc) is 2.83. The maximum atomic E-state index is 10.8. The van der Waals surface area contributed by atoms with Gasteiger partial charge in [0.25, 0.3) is 5.69 Å². The molecule has 2 rings (SSSR count). The fourth-order valence-electron chi connectivity index (χ4n) is 1.86. The number of nitrogens with one attached hydrogen (secondary N) is 1. The standard InChI is InChI=1S/C11H14BrN3O2S/c1-7-9(15(16)17)5-14-11(10(7)12)13-4-8-2-3-18-6-8/h5,8H,2-4,6H2,1H3,(H,13,14). The van der Waals surface area contributed by atoms with Crippen molar-refractivity contribution in [2.45, 2.75) is 13.3 Å². The zero-order valence-electron chi connectivity index (χ0n) is 9.98. The molecule has 0 saturated carbocycles. The number of aromatic nitrogens is 1. The van der Waals surface area contributed by atoms with E-state index in [4.69, 9.17) is 0 Å². The lowest BCUT2D eigenvalue weighted by atomic mass is 10.1. The van der Waals surface area contributed by atoms with Gasteiger partial charge in [0.05, 0.1) is 9.40 Å². The molecule has 1 saturated heterocycles. The minimum absolute atomic E-state index is 0.0452. The van der Waals surface area contributed by atoms with Crippen molar-refractivity contribution in [3.63, 3.8) is 0 Å². The molecule has 0 aliphatic carbocycles. The summed E-state index contributed by atoms with van der Waals surface area (Å²) in [4.78, 5) is 14.5. The second-order valence-corrected chi connectivity index (χ2v) is 6.24. The summed E-state index contributed by atoms with van der Waals surface area (Å²) in [5.74, 6) is 3.76. The molecule has 1 aliphatic rings. The van der Waals surface area contributed by atoms with Gasteiger partial charge < -0.3 is 5.32 Å². The van der Waals surface area contributed by atoms with Crippen LogP contribution >= 0.6 is 27.7 Å². The fourth-order valence-corrected chi connectivity index (χ4v) is 3.59. The van der Waals surface area contributed by atoms with Crippen LogP contribution in [-0.4, -0.2) is 28.0 Å². The quantitative estimate of drug-likeness (QED) is 0.677. The van der Waals surface area contributed by atoms with Gasteiger partial charge in [0.1, 0.15) is 12.0 Å². The lowest BCUT2D eigenvalue weighted by Gasteiger charge is -2.12. The molecular formula is C11H14BrN3O2S. The van der Waals surface area contributed by atoms with Crippen molar-refractivity contribution in [1.82, 2.24) is 4.98 Å². The minimum atomic E-state index is -0.412. The molecule has 1 atom stereocenters. The first-order valence-corrected chi connectivity index (χ1v) is 7.65. The smallest absolute Gasteiger partial charge is 0.291 e. The summed E-state index contributed by atoms with van der Waals surface area (Å²) in [6.07, 6.45) is 2.53. The van der Waals surface area contributed by atoms with Gasteiger partial charge in [-0.1, -0.05) is 0 Å². The maximum absolute atomic E-state index is 10.8. The molecule has 1 aromatic rings. The van der Waals surface area contributed by atoms with E-state index >= 15 is 0 Å². The van der Waals surface area contributed by atoms with Gasteiger partial charge in [0.2, 0.25) is 0 Å². The van der Waals surface area contributed by atoms with Crippen LogP contribution in [0.4, 0.5) is 11.5 Å². The maximum Gasteiger partial charge on any atom is 0.291 e. The first-order chi connectivity index (χ1) is 8.59. The highest BCUT2D eigenvalue weighted by atomic mass is 79.9. The van der Waals surface area contributed by atoms with Crippen molar-refractivity contribution in [2.24, 2.45) is 5.92 Å². The van der Waals surface area contributed by atoms with Crippen molar-refractivity contribution < 1.29 is 4.92 Å². The first kappa shape index (κ1) is 13.6. The third-order valence-electron chi connectivity index (χ3n) is 3.02. The van der Waals surface area contributed by atoms with Gasteiger partial charge in [-0.25, -0.2) is 4.98 Å². The number of hydrogen-bond donors (Lipinski definition) is 1. The largest absolute Gasteiger partial charge is 0.369 e. The Kier molecular flexibility index (Phi) is 4.45. The Bertz CT molecular complexity index is 464. The Hall–Kier alpha value is -0.820. The summed E-state index contributed by atoms with van der Waals surface area (Å²) in [6, 6.07) is 0. The summed E-state index contributed by atoms with van der Waals surface area (Å²) < 4.78 is 0.683. The Morgan fingerprint density at radius 1 is 1.72 bits per heavy atom. The highest BCUT2D eigenvalue weighted by Crippen LogP contribution is 2.31. The predicted octanol–water partition coefficient (Wildman–Crippen LogP) is 3.23. The zero-order chi connectivity index (χ0) is 13.1. The van der Waals surface area contributed by atoms with Gasteiger partial charge in [-0.05, 0) is 46.7 Å². The molecule has 1 fully saturated rings. The van der Waals surface area contributed by atoms with Crippen molar-refractivity contribution in [2.75, 3.05) is 23.4 Å². The van der Waals surface area contributed by atoms with Crippen LogP contribution in [0.2, 0.25) is 0 Å². The third kappa shape index (κ3) is 2.95. The summed E-state index contributed by atoms with van der Waals surface area (Å²) in [7, 11) is 0. The second-order valence-electron chi connectivity index (χ2n) is 4.30. The van der Waals surface area contributed by atoms with E-state index in [-0.39, 0.29) is 5.69 Å². The average molecular weight is 332 g/mol. The SMILES string of the molecule is Cc1c([N+](=O)[O-])cnc(NCC2CCSC2)c1Br. The molecule has 1 N–H and O–H groups in total. The molecular weight excluding hydrogens is 318 g/mol. The Morgan fingerprint density at radius 3 is 3.11 bits per heavy atom. The van der Waals surface area contributed by atoms with Gasteiger partial charge in [-0.2, -0.15) is 11.8 Å². The molecule has 0 bridgehead atoms. The van der Waals surface area contributed by atoms with E-state index in [1.165, 1.54) is 24.1 Å². The number of anilines is 1. The number of rotatable bonds is 4. The zero-order valence-corrected chi connectivity index (χ0v) is 12.4. The second kappa shape index (κ2) is 5.88. The topological polar surface area (TPSA) is 68.1 Å². The Morgan fingerprint density at radius 2 is 2.50 bits per heavy atom. The number of thioether (sulfide) groups is 1.